The van der Waals surface area contributed by atoms with Crippen LogP contribution in [0.3, 0.4) is 0 Å². The van der Waals surface area contributed by atoms with Crippen LogP contribution in [0.25, 0.3) is 0 Å². The number of carbonyl (C=O) groups is 2. The SMILES string of the molecule is COCCCC(OC1CN(C(=O)OCc2ccccc2)CCC1c1ccc(O)cc1)c1ccc2c(c1)NC(=O)CC2. The molecule has 5 rings (SSSR count). The van der Waals surface area contributed by atoms with Crippen molar-refractivity contribution in [3.05, 3.63) is 95.1 Å². The van der Waals surface area contributed by atoms with Crippen molar-refractivity contribution in [2.75, 3.05) is 32.1 Å². The number of nitrogens with zero attached hydrogens (tertiary/aromatic N) is 1. The number of aromatic hydroxyl groups is 1. The number of hydrogen-bond acceptors (Lipinski definition) is 6. The van der Waals surface area contributed by atoms with E-state index in [4.69, 9.17) is 14.2 Å². The molecule has 2 heterocycles. The van der Waals surface area contributed by atoms with Crippen LogP contribution in [0.5, 0.6) is 5.75 Å². The molecule has 1 fully saturated rings. The lowest BCUT2D eigenvalue weighted by molar-refractivity contribution is -0.116. The van der Waals surface area contributed by atoms with Gasteiger partial charge >= 0.3 is 6.09 Å². The van der Waals surface area contributed by atoms with Crippen molar-refractivity contribution >= 4 is 17.7 Å². The number of carbonyl (C=O) groups excluding carboxylic acids is 2. The molecular formula is C33H38N2O6. The predicted octanol–water partition coefficient (Wildman–Crippen LogP) is 5.96. The second kappa shape index (κ2) is 13.7. The Bertz CT molecular complexity index is 1310. The number of piperidine rings is 1. The van der Waals surface area contributed by atoms with Gasteiger partial charge in [0, 0.05) is 38.3 Å². The molecule has 2 aliphatic rings. The first-order valence-corrected chi connectivity index (χ1v) is 14.3. The van der Waals surface area contributed by atoms with Crippen molar-refractivity contribution in [3.63, 3.8) is 0 Å². The molecule has 0 aromatic heterocycles. The summed E-state index contributed by atoms with van der Waals surface area (Å²) in [6.45, 7) is 1.73. The van der Waals surface area contributed by atoms with Crippen LogP contribution < -0.4 is 5.32 Å². The van der Waals surface area contributed by atoms with E-state index >= 15 is 0 Å². The average Bonchev–Trinajstić information content (AvgIpc) is 3.00. The van der Waals surface area contributed by atoms with Gasteiger partial charge in [0.1, 0.15) is 12.4 Å². The van der Waals surface area contributed by atoms with Crippen molar-refractivity contribution < 1.29 is 28.9 Å². The number of fused-ring (bicyclic) bond motifs is 1. The first-order valence-electron chi connectivity index (χ1n) is 14.3. The standard InChI is InChI=1S/C33H38N2O6/c1-39-19-5-8-30(26-10-9-25-13-16-32(37)34-29(25)20-26)41-31-21-35(33(38)40-22-23-6-3-2-4-7-23)18-17-28(31)24-11-14-27(36)15-12-24/h2-4,6-7,9-12,14-15,20,28,30-31,36H,5,8,13,16-19,21-22H2,1H3,(H,34,37). The molecule has 8 heteroatoms. The van der Waals surface area contributed by atoms with Gasteiger partial charge in [-0.15, -0.1) is 0 Å². The van der Waals surface area contributed by atoms with Crippen molar-refractivity contribution in [3.8, 4) is 5.75 Å². The third-order valence-corrected chi connectivity index (χ3v) is 7.90. The molecule has 3 unspecified atom stereocenters. The summed E-state index contributed by atoms with van der Waals surface area (Å²) in [5, 5.41) is 12.9. The van der Waals surface area contributed by atoms with Crippen molar-refractivity contribution in [1.29, 1.82) is 0 Å². The Balaban J connectivity index is 1.37. The highest BCUT2D eigenvalue weighted by Crippen LogP contribution is 2.37. The normalized spacial score (nSPS) is 19.2. The molecule has 8 nitrogen and oxygen atoms in total. The van der Waals surface area contributed by atoms with Gasteiger partial charge in [-0.05, 0) is 66.1 Å². The Kier molecular flexibility index (Phi) is 9.54. The van der Waals surface area contributed by atoms with Crippen LogP contribution in [0.2, 0.25) is 0 Å². The van der Waals surface area contributed by atoms with Crippen LogP contribution in [0, 0.1) is 0 Å². The van der Waals surface area contributed by atoms with Crippen molar-refractivity contribution in [2.24, 2.45) is 0 Å². The van der Waals surface area contributed by atoms with Crippen molar-refractivity contribution in [1.82, 2.24) is 4.90 Å². The van der Waals surface area contributed by atoms with Crippen LogP contribution in [0.4, 0.5) is 10.5 Å². The monoisotopic (exact) mass is 558 g/mol. The summed E-state index contributed by atoms with van der Waals surface area (Å²) in [5.74, 6) is 0.258. The molecule has 1 saturated heterocycles. The fourth-order valence-electron chi connectivity index (χ4n) is 5.66. The van der Waals surface area contributed by atoms with Gasteiger partial charge in [0.2, 0.25) is 5.91 Å². The predicted molar refractivity (Wildman–Crippen MR) is 156 cm³/mol. The van der Waals surface area contributed by atoms with E-state index in [0.717, 1.165) is 47.2 Å². The second-order valence-electron chi connectivity index (χ2n) is 10.7. The van der Waals surface area contributed by atoms with Gasteiger partial charge < -0.3 is 29.5 Å². The number of likely N-dealkylation sites (tertiary alicyclic amines) is 1. The molecule has 2 amide bonds. The minimum absolute atomic E-state index is 0.0239. The summed E-state index contributed by atoms with van der Waals surface area (Å²) < 4.78 is 17.9. The van der Waals surface area contributed by atoms with Gasteiger partial charge in [0.25, 0.3) is 0 Å². The van der Waals surface area contributed by atoms with Gasteiger partial charge in [-0.25, -0.2) is 4.79 Å². The Morgan fingerprint density at radius 2 is 1.88 bits per heavy atom. The van der Waals surface area contributed by atoms with E-state index in [9.17, 15) is 14.7 Å². The van der Waals surface area contributed by atoms with E-state index < -0.39 is 0 Å². The summed E-state index contributed by atoms with van der Waals surface area (Å²) in [4.78, 5) is 26.9. The van der Waals surface area contributed by atoms with Gasteiger partial charge in [0.05, 0.1) is 18.8 Å². The van der Waals surface area contributed by atoms with Crippen LogP contribution in [-0.4, -0.2) is 54.9 Å². The molecule has 0 bridgehead atoms. The number of hydrogen-bond donors (Lipinski definition) is 2. The van der Waals surface area contributed by atoms with E-state index in [1.54, 1.807) is 24.1 Å². The fraction of sp³-hybridized carbons (Fsp3) is 0.394. The maximum atomic E-state index is 13.1. The number of nitrogens with one attached hydrogen (secondary N) is 1. The number of anilines is 1. The quantitative estimate of drug-likeness (QED) is 0.298. The molecule has 3 atom stereocenters. The molecule has 216 valence electrons. The molecule has 41 heavy (non-hydrogen) atoms. The van der Waals surface area contributed by atoms with Crippen LogP contribution >= 0.6 is 0 Å². The smallest absolute Gasteiger partial charge is 0.410 e. The minimum atomic E-state index is -0.362. The minimum Gasteiger partial charge on any atom is -0.508 e. The number of rotatable bonds is 10. The first-order chi connectivity index (χ1) is 20.0. The maximum absolute atomic E-state index is 13.1. The highest BCUT2D eigenvalue weighted by Gasteiger charge is 2.36. The largest absolute Gasteiger partial charge is 0.508 e. The number of methoxy groups -OCH3 is 1. The number of phenols is 1. The second-order valence-corrected chi connectivity index (χ2v) is 10.7. The summed E-state index contributed by atoms with van der Waals surface area (Å²) in [5.41, 5.74) is 4.93. The third kappa shape index (κ3) is 7.45. The van der Waals surface area contributed by atoms with Gasteiger partial charge in [-0.3, -0.25) is 4.79 Å². The lowest BCUT2D eigenvalue weighted by Gasteiger charge is -2.40. The molecule has 0 aliphatic carbocycles. The van der Waals surface area contributed by atoms with Crippen molar-refractivity contribution in [2.45, 2.75) is 56.8 Å². The first kappa shape index (κ1) is 28.6. The Hall–Kier alpha value is -3.88. The maximum Gasteiger partial charge on any atom is 0.410 e. The molecule has 3 aromatic rings. The molecule has 0 radical (unpaired) electrons. The Morgan fingerprint density at radius 3 is 2.66 bits per heavy atom. The fourth-order valence-corrected chi connectivity index (χ4v) is 5.66. The molecule has 0 saturated carbocycles. The summed E-state index contributed by atoms with van der Waals surface area (Å²) in [7, 11) is 1.69. The molecule has 0 spiro atoms. The molecule has 2 N–H and O–H groups in total. The lowest BCUT2D eigenvalue weighted by Crippen LogP contribution is -2.47. The summed E-state index contributed by atoms with van der Waals surface area (Å²) in [6, 6.07) is 23.0. The average molecular weight is 559 g/mol. The number of aryl methyl sites for hydroxylation is 1. The molecule has 3 aromatic carbocycles. The topological polar surface area (TPSA) is 97.3 Å². The van der Waals surface area contributed by atoms with Crippen LogP contribution in [-0.2, 0) is 32.0 Å². The van der Waals surface area contributed by atoms with E-state index in [1.165, 1.54) is 0 Å². The highest BCUT2D eigenvalue weighted by molar-refractivity contribution is 5.94. The summed E-state index contributed by atoms with van der Waals surface area (Å²) >= 11 is 0. The Morgan fingerprint density at radius 1 is 1.07 bits per heavy atom. The van der Waals surface area contributed by atoms with Gasteiger partial charge in [-0.1, -0.05) is 54.6 Å². The molecular weight excluding hydrogens is 520 g/mol. The highest BCUT2D eigenvalue weighted by atomic mass is 16.6. The van der Waals surface area contributed by atoms with E-state index in [-0.39, 0.29) is 42.5 Å². The van der Waals surface area contributed by atoms with E-state index in [0.29, 0.717) is 32.5 Å². The zero-order chi connectivity index (χ0) is 28.6. The molecule has 2 aliphatic heterocycles. The van der Waals surface area contributed by atoms with Gasteiger partial charge in [0.15, 0.2) is 0 Å². The number of phenolic OH excluding ortho intramolecular Hbond substituents is 1. The number of benzene rings is 3. The van der Waals surface area contributed by atoms with Crippen LogP contribution in [0.1, 0.15) is 60.0 Å². The lowest BCUT2D eigenvalue weighted by atomic mass is 9.86. The van der Waals surface area contributed by atoms with Gasteiger partial charge in [-0.2, -0.15) is 0 Å². The zero-order valence-electron chi connectivity index (χ0n) is 23.5. The third-order valence-electron chi connectivity index (χ3n) is 7.90. The van der Waals surface area contributed by atoms with E-state index in [2.05, 4.69) is 17.4 Å². The summed E-state index contributed by atoms with van der Waals surface area (Å²) in [6.07, 6.45) is 2.49. The zero-order valence-corrected chi connectivity index (χ0v) is 23.5. The van der Waals surface area contributed by atoms with E-state index in [1.807, 2.05) is 48.5 Å². The Labute approximate surface area is 241 Å². The van der Waals surface area contributed by atoms with Crippen LogP contribution in [0.15, 0.2) is 72.8 Å². The number of amides is 2. The number of ether oxygens (including phenoxy) is 3.